The Kier molecular flexibility index (Phi) is 3.36. The SMILES string of the molecule is CNc1cc(C(F)(F)F)cc(NCC2CC2(C)C)n1. The number of aromatic nitrogens is 1. The molecule has 0 saturated heterocycles. The first-order valence-electron chi connectivity index (χ1n) is 6.23. The van der Waals surface area contributed by atoms with E-state index in [2.05, 4.69) is 29.5 Å². The summed E-state index contributed by atoms with van der Waals surface area (Å²) >= 11 is 0. The quantitative estimate of drug-likeness (QED) is 0.880. The van der Waals surface area contributed by atoms with Gasteiger partial charge in [0, 0.05) is 13.6 Å². The van der Waals surface area contributed by atoms with Gasteiger partial charge < -0.3 is 10.6 Å². The van der Waals surface area contributed by atoms with Crippen LogP contribution in [0.25, 0.3) is 0 Å². The van der Waals surface area contributed by atoms with E-state index >= 15 is 0 Å². The molecule has 0 bridgehead atoms. The Hall–Kier alpha value is -1.46. The van der Waals surface area contributed by atoms with E-state index in [0.717, 1.165) is 18.6 Å². The molecule has 1 aliphatic carbocycles. The van der Waals surface area contributed by atoms with E-state index in [4.69, 9.17) is 0 Å². The fourth-order valence-electron chi connectivity index (χ4n) is 2.07. The van der Waals surface area contributed by atoms with Crippen molar-refractivity contribution in [2.24, 2.45) is 11.3 Å². The zero-order chi connectivity index (χ0) is 14.3. The minimum atomic E-state index is -4.36. The van der Waals surface area contributed by atoms with Crippen LogP contribution >= 0.6 is 0 Å². The molecule has 106 valence electrons. The lowest BCUT2D eigenvalue weighted by Gasteiger charge is -2.13. The fraction of sp³-hybridized carbons (Fsp3) is 0.615. The van der Waals surface area contributed by atoms with E-state index in [9.17, 15) is 13.2 Å². The Labute approximate surface area is 110 Å². The average molecular weight is 273 g/mol. The first kappa shape index (κ1) is 14.0. The van der Waals surface area contributed by atoms with Crippen LogP contribution in [0, 0.1) is 11.3 Å². The van der Waals surface area contributed by atoms with Crippen molar-refractivity contribution < 1.29 is 13.2 Å². The lowest BCUT2D eigenvalue weighted by atomic mass is 10.1. The molecule has 1 atom stereocenters. The summed E-state index contributed by atoms with van der Waals surface area (Å²) in [6.45, 7) is 4.96. The van der Waals surface area contributed by atoms with Crippen molar-refractivity contribution in [3.8, 4) is 0 Å². The number of nitrogens with zero attached hydrogens (tertiary/aromatic N) is 1. The maximum Gasteiger partial charge on any atom is 0.416 e. The van der Waals surface area contributed by atoms with Crippen LogP contribution in [-0.4, -0.2) is 18.6 Å². The zero-order valence-electron chi connectivity index (χ0n) is 11.2. The second-order valence-corrected chi connectivity index (χ2v) is 5.64. The van der Waals surface area contributed by atoms with Gasteiger partial charge in [-0.3, -0.25) is 0 Å². The topological polar surface area (TPSA) is 37.0 Å². The highest BCUT2D eigenvalue weighted by atomic mass is 19.4. The van der Waals surface area contributed by atoms with Gasteiger partial charge in [0.1, 0.15) is 11.6 Å². The van der Waals surface area contributed by atoms with Gasteiger partial charge in [-0.05, 0) is 29.9 Å². The van der Waals surface area contributed by atoms with Gasteiger partial charge in [-0.1, -0.05) is 13.8 Å². The molecule has 1 aromatic rings. The molecule has 3 nitrogen and oxygen atoms in total. The third kappa shape index (κ3) is 3.30. The van der Waals surface area contributed by atoms with Gasteiger partial charge in [0.05, 0.1) is 5.56 Å². The number of hydrogen-bond acceptors (Lipinski definition) is 3. The lowest BCUT2D eigenvalue weighted by Crippen LogP contribution is -2.12. The Morgan fingerprint density at radius 3 is 2.37 bits per heavy atom. The van der Waals surface area contributed by atoms with Crippen LogP contribution in [0.5, 0.6) is 0 Å². The predicted molar refractivity (Wildman–Crippen MR) is 69.2 cm³/mol. The van der Waals surface area contributed by atoms with E-state index in [-0.39, 0.29) is 11.6 Å². The molecule has 0 aromatic carbocycles. The Morgan fingerprint density at radius 2 is 1.89 bits per heavy atom. The summed E-state index contributed by atoms with van der Waals surface area (Å²) in [6.07, 6.45) is -3.26. The number of alkyl halides is 3. The largest absolute Gasteiger partial charge is 0.416 e. The molecule has 1 saturated carbocycles. The average Bonchev–Trinajstić information content (AvgIpc) is 2.93. The predicted octanol–water partition coefficient (Wildman–Crippen LogP) is 3.60. The maximum atomic E-state index is 12.7. The van der Waals surface area contributed by atoms with E-state index in [1.54, 1.807) is 7.05 Å². The van der Waals surface area contributed by atoms with Crippen molar-refractivity contribution in [3.63, 3.8) is 0 Å². The van der Waals surface area contributed by atoms with Crippen LogP contribution in [0.4, 0.5) is 24.8 Å². The van der Waals surface area contributed by atoms with Gasteiger partial charge in [0.15, 0.2) is 0 Å². The molecule has 1 aromatic heterocycles. The van der Waals surface area contributed by atoms with E-state index in [0.29, 0.717) is 17.9 Å². The first-order valence-corrected chi connectivity index (χ1v) is 6.23. The smallest absolute Gasteiger partial charge is 0.373 e. The van der Waals surface area contributed by atoms with E-state index in [1.165, 1.54) is 0 Å². The van der Waals surface area contributed by atoms with Crippen molar-refractivity contribution in [2.45, 2.75) is 26.4 Å². The van der Waals surface area contributed by atoms with Gasteiger partial charge in [-0.25, -0.2) is 4.98 Å². The molecule has 1 heterocycles. The van der Waals surface area contributed by atoms with Crippen LogP contribution in [0.15, 0.2) is 12.1 Å². The Morgan fingerprint density at radius 1 is 1.32 bits per heavy atom. The highest BCUT2D eigenvalue weighted by Crippen LogP contribution is 2.51. The summed E-state index contributed by atoms with van der Waals surface area (Å²) in [5, 5.41) is 5.65. The highest BCUT2D eigenvalue weighted by Gasteiger charge is 2.45. The van der Waals surface area contributed by atoms with Crippen LogP contribution in [0.3, 0.4) is 0 Å². The summed E-state index contributed by atoms with van der Waals surface area (Å²) < 4.78 is 38.2. The summed E-state index contributed by atoms with van der Waals surface area (Å²) in [4.78, 5) is 4.09. The number of halogens is 3. The standard InChI is InChI=1S/C13H18F3N3/c1-12(2)6-9(12)7-18-11-5-8(13(14,15)16)4-10(17-3)19-11/h4-5,9H,6-7H2,1-3H3,(H2,17,18,19). The van der Waals surface area contributed by atoms with Gasteiger partial charge in [-0.2, -0.15) is 13.2 Å². The fourth-order valence-corrected chi connectivity index (χ4v) is 2.07. The number of nitrogens with one attached hydrogen (secondary N) is 2. The van der Waals surface area contributed by atoms with Crippen molar-refractivity contribution >= 4 is 11.6 Å². The summed E-state index contributed by atoms with van der Waals surface area (Å²) in [6, 6.07) is 2.06. The molecule has 1 fully saturated rings. The van der Waals surface area contributed by atoms with Gasteiger partial charge >= 0.3 is 6.18 Å². The molecule has 2 rings (SSSR count). The molecular weight excluding hydrogens is 255 g/mol. The lowest BCUT2D eigenvalue weighted by molar-refractivity contribution is -0.137. The molecule has 1 aliphatic rings. The first-order chi connectivity index (χ1) is 8.72. The minimum absolute atomic E-state index is 0.215. The molecule has 0 spiro atoms. The third-order valence-electron chi connectivity index (χ3n) is 3.66. The summed E-state index contributed by atoms with van der Waals surface area (Å²) in [5.41, 5.74) is -0.398. The monoisotopic (exact) mass is 273 g/mol. The Balaban J connectivity index is 2.11. The van der Waals surface area contributed by atoms with Crippen molar-refractivity contribution in [2.75, 3.05) is 24.2 Å². The van der Waals surface area contributed by atoms with Gasteiger partial charge in [-0.15, -0.1) is 0 Å². The molecule has 1 unspecified atom stereocenters. The minimum Gasteiger partial charge on any atom is -0.373 e. The van der Waals surface area contributed by atoms with Crippen molar-refractivity contribution in [1.29, 1.82) is 0 Å². The van der Waals surface area contributed by atoms with Crippen molar-refractivity contribution in [1.82, 2.24) is 4.98 Å². The third-order valence-corrected chi connectivity index (χ3v) is 3.66. The van der Waals surface area contributed by atoms with Gasteiger partial charge in [0.2, 0.25) is 0 Å². The molecule has 0 aliphatic heterocycles. The summed E-state index contributed by atoms with van der Waals surface area (Å²) in [7, 11) is 1.55. The van der Waals surface area contributed by atoms with Gasteiger partial charge in [0.25, 0.3) is 0 Å². The number of rotatable bonds is 4. The van der Waals surface area contributed by atoms with E-state index < -0.39 is 11.7 Å². The number of anilines is 2. The normalized spacial score (nSPS) is 21.1. The van der Waals surface area contributed by atoms with Crippen LogP contribution in [-0.2, 0) is 6.18 Å². The zero-order valence-corrected chi connectivity index (χ0v) is 11.2. The highest BCUT2D eigenvalue weighted by molar-refractivity contribution is 5.49. The van der Waals surface area contributed by atoms with Crippen LogP contribution in [0.1, 0.15) is 25.8 Å². The maximum absolute atomic E-state index is 12.7. The molecular formula is C13H18F3N3. The summed E-state index contributed by atoms with van der Waals surface area (Å²) in [5.74, 6) is 0.983. The second-order valence-electron chi connectivity index (χ2n) is 5.64. The molecule has 0 radical (unpaired) electrons. The molecule has 19 heavy (non-hydrogen) atoms. The van der Waals surface area contributed by atoms with Crippen LogP contribution < -0.4 is 10.6 Å². The number of pyridine rings is 1. The van der Waals surface area contributed by atoms with Crippen LogP contribution in [0.2, 0.25) is 0 Å². The molecule has 2 N–H and O–H groups in total. The second kappa shape index (κ2) is 4.58. The van der Waals surface area contributed by atoms with Crippen molar-refractivity contribution in [3.05, 3.63) is 17.7 Å². The number of hydrogen-bond donors (Lipinski definition) is 2. The molecule has 6 heteroatoms. The Bertz CT molecular complexity index is 469. The molecule has 0 amide bonds. The van der Waals surface area contributed by atoms with E-state index in [1.807, 2.05) is 0 Å².